The van der Waals surface area contributed by atoms with Gasteiger partial charge in [0.05, 0.1) is 5.92 Å². The first kappa shape index (κ1) is 18.5. The molecule has 0 aliphatic carbocycles. The summed E-state index contributed by atoms with van der Waals surface area (Å²) in [6.45, 7) is 4.20. The molecule has 1 heterocycles. The molecule has 1 aromatic heterocycles. The van der Waals surface area contributed by atoms with Gasteiger partial charge in [-0.1, -0.05) is 38.1 Å². The van der Waals surface area contributed by atoms with Crippen LogP contribution in [0.25, 0.3) is 11.1 Å². The Kier molecular flexibility index (Phi) is 6.13. The molecule has 0 saturated heterocycles. The molecule has 0 saturated carbocycles. The standard InChI is InChI=1S/C20H24N4O/c1-15(2)12-19(20(25)24(4)23(3)14-21)18-7-5-6-17(13-18)16-8-10-22-11-9-16/h5-11,13,15,19H,12H2,1-4H3. The lowest BCUT2D eigenvalue weighted by Gasteiger charge is -2.28. The highest BCUT2D eigenvalue weighted by Crippen LogP contribution is 2.29. The van der Waals surface area contributed by atoms with Crippen LogP contribution in [0.1, 0.15) is 31.7 Å². The minimum absolute atomic E-state index is 0.0790. The molecule has 1 unspecified atom stereocenters. The minimum Gasteiger partial charge on any atom is -0.272 e. The molecule has 0 aliphatic heterocycles. The van der Waals surface area contributed by atoms with Gasteiger partial charge in [-0.3, -0.25) is 9.78 Å². The van der Waals surface area contributed by atoms with Crippen molar-refractivity contribution in [1.82, 2.24) is 15.0 Å². The Balaban J connectivity index is 2.38. The summed E-state index contributed by atoms with van der Waals surface area (Å²) in [6, 6.07) is 11.9. The smallest absolute Gasteiger partial charge is 0.248 e. The minimum atomic E-state index is -0.289. The zero-order chi connectivity index (χ0) is 18.4. The number of benzene rings is 1. The van der Waals surface area contributed by atoms with Crippen molar-refractivity contribution in [2.24, 2.45) is 5.92 Å². The fraction of sp³-hybridized carbons (Fsp3) is 0.350. The van der Waals surface area contributed by atoms with Crippen LogP contribution in [0.3, 0.4) is 0 Å². The van der Waals surface area contributed by atoms with Gasteiger partial charge in [-0.25, -0.2) is 10.0 Å². The van der Waals surface area contributed by atoms with Gasteiger partial charge >= 0.3 is 0 Å². The fourth-order valence-electron chi connectivity index (χ4n) is 2.77. The van der Waals surface area contributed by atoms with Crippen molar-refractivity contribution < 1.29 is 4.79 Å². The summed E-state index contributed by atoms with van der Waals surface area (Å²) in [6.07, 6.45) is 6.22. The second kappa shape index (κ2) is 8.29. The molecule has 1 atom stereocenters. The molecule has 0 N–H and O–H groups in total. The lowest BCUT2D eigenvalue weighted by Crippen LogP contribution is -2.41. The maximum atomic E-state index is 13.0. The van der Waals surface area contributed by atoms with E-state index in [0.717, 1.165) is 23.1 Å². The van der Waals surface area contributed by atoms with Crippen molar-refractivity contribution in [3.63, 3.8) is 0 Å². The molecule has 1 amide bonds. The number of carbonyl (C=O) groups is 1. The second-order valence-electron chi connectivity index (χ2n) is 6.53. The number of pyridine rings is 1. The first-order valence-electron chi connectivity index (χ1n) is 8.35. The van der Waals surface area contributed by atoms with Gasteiger partial charge in [-0.2, -0.15) is 5.26 Å². The maximum absolute atomic E-state index is 13.0. The third-order valence-corrected chi connectivity index (χ3v) is 4.22. The normalized spacial score (nSPS) is 11.7. The van der Waals surface area contributed by atoms with Gasteiger partial charge in [0.2, 0.25) is 5.91 Å². The van der Waals surface area contributed by atoms with Crippen molar-refractivity contribution >= 4 is 5.91 Å². The van der Waals surface area contributed by atoms with E-state index in [0.29, 0.717) is 5.92 Å². The highest BCUT2D eigenvalue weighted by Gasteiger charge is 2.27. The van der Waals surface area contributed by atoms with Gasteiger partial charge < -0.3 is 0 Å². The molecule has 2 rings (SSSR count). The molecule has 1 aromatic carbocycles. The van der Waals surface area contributed by atoms with Gasteiger partial charge in [-0.05, 0) is 41.2 Å². The van der Waals surface area contributed by atoms with E-state index >= 15 is 0 Å². The summed E-state index contributed by atoms with van der Waals surface area (Å²) in [7, 11) is 3.21. The quantitative estimate of drug-likeness (QED) is 0.459. The molecule has 2 aromatic rings. The Morgan fingerprint density at radius 2 is 1.84 bits per heavy atom. The molecule has 0 fully saturated rings. The largest absolute Gasteiger partial charge is 0.272 e. The first-order valence-corrected chi connectivity index (χ1v) is 8.35. The number of likely N-dealkylation sites (N-methyl/N-ethyl adjacent to an activating group) is 1. The Bertz CT molecular complexity index is 752. The number of hydrogen-bond donors (Lipinski definition) is 0. The monoisotopic (exact) mass is 336 g/mol. The molecule has 5 nitrogen and oxygen atoms in total. The van der Waals surface area contributed by atoms with Gasteiger partial charge in [0.15, 0.2) is 6.19 Å². The number of rotatable bonds is 6. The third kappa shape index (κ3) is 4.57. The van der Waals surface area contributed by atoms with Crippen LogP contribution in [0.4, 0.5) is 0 Å². The molecule has 5 heteroatoms. The van der Waals surface area contributed by atoms with Crippen LogP contribution in [0.5, 0.6) is 0 Å². The number of hydrogen-bond acceptors (Lipinski definition) is 4. The van der Waals surface area contributed by atoms with Gasteiger partial charge in [0, 0.05) is 26.5 Å². The SMILES string of the molecule is CC(C)CC(C(=O)N(C)N(C)C#N)c1cccc(-c2ccncc2)c1. The summed E-state index contributed by atoms with van der Waals surface area (Å²) < 4.78 is 0. The van der Waals surface area contributed by atoms with E-state index in [1.807, 2.05) is 36.5 Å². The Morgan fingerprint density at radius 1 is 1.16 bits per heavy atom. The lowest BCUT2D eigenvalue weighted by molar-refractivity contribution is -0.141. The van der Waals surface area contributed by atoms with E-state index in [-0.39, 0.29) is 11.8 Å². The zero-order valence-corrected chi connectivity index (χ0v) is 15.2. The first-order chi connectivity index (χ1) is 11.9. The molecule has 0 spiro atoms. The summed E-state index contributed by atoms with van der Waals surface area (Å²) in [5, 5.41) is 11.7. The molecule has 0 aliphatic rings. The summed E-state index contributed by atoms with van der Waals surface area (Å²) in [5.74, 6) is -0.00783. The van der Waals surface area contributed by atoms with Crippen molar-refractivity contribution in [3.8, 4) is 17.3 Å². The maximum Gasteiger partial charge on any atom is 0.248 e. The van der Waals surface area contributed by atoms with E-state index in [2.05, 4.69) is 24.9 Å². The van der Waals surface area contributed by atoms with Crippen molar-refractivity contribution in [2.75, 3.05) is 14.1 Å². The van der Waals surface area contributed by atoms with Crippen molar-refractivity contribution in [1.29, 1.82) is 5.26 Å². The zero-order valence-electron chi connectivity index (χ0n) is 15.2. The lowest BCUT2D eigenvalue weighted by atomic mass is 9.88. The highest BCUT2D eigenvalue weighted by atomic mass is 16.2. The van der Waals surface area contributed by atoms with E-state index in [4.69, 9.17) is 5.26 Å². The van der Waals surface area contributed by atoms with Gasteiger partial charge in [0.1, 0.15) is 0 Å². The predicted molar refractivity (Wildman–Crippen MR) is 98.0 cm³/mol. The molecule has 25 heavy (non-hydrogen) atoms. The molecule has 130 valence electrons. The van der Waals surface area contributed by atoms with E-state index in [9.17, 15) is 4.79 Å². The van der Waals surface area contributed by atoms with Crippen LogP contribution in [0.15, 0.2) is 48.8 Å². The average molecular weight is 336 g/mol. The van der Waals surface area contributed by atoms with Crippen LogP contribution in [0.2, 0.25) is 0 Å². The van der Waals surface area contributed by atoms with Crippen LogP contribution < -0.4 is 0 Å². The van der Waals surface area contributed by atoms with Crippen LogP contribution in [0, 0.1) is 17.4 Å². The predicted octanol–water partition coefficient (Wildman–Crippen LogP) is 3.66. The van der Waals surface area contributed by atoms with E-state index < -0.39 is 0 Å². The Morgan fingerprint density at radius 3 is 2.44 bits per heavy atom. The Labute approximate surface area is 149 Å². The van der Waals surface area contributed by atoms with Gasteiger partial charge in [-0.15, -0.1) is 0 Å². The number of nitrogens with zero attached hydrogens (tertiary/aromatic N) is 4. The number of amides is 1. The van der Waals surface area contributed by atoms with Crippen molar-refractivity contribution in [3.05, 3.63) is 54.4 Å². The average Bonchev–Trinajstić information content (AvgIpc) is 2.65. The summed E-state index contributed by atoms with van der Waals surface area (Å²) >= 11 is 0. The number of nitriles is 1. The van der Waals surface area contributed by atoms with Crippen molar-refractivity contribution in [2.45, 2.75) is 26.2 Å². The topological polar surface area (TPSA) is 60.2 Å². The summed E-state index contributed by atoms with van der Waals surface area (Å²) in [4.78, 5) is 17.0. The molecular formula is C20H24N4O. The second-order valence-corrected chi connectivity index (χ2v) is 6.53. The molecular weight excluding hydrogens is 312 g/mol. The Hall–Kier alpha value is -2.87. The van der Waals surface area contributed by atoms with Crippen LogP contribution >= 0.6 is 0 Å². The summed E-state index contributed by atoms with van der Waals surface area (Å²) in [5.41, 5.74) is 3.08. The van der Waals surface area contributed by atoms with Crippen LogP contribution in [-0.4, -0.2) is 35.0 Å². The third-order valence-electron chi connectivity index (χ3n) is 4.22. The number of hydrazine groups is 1. The number of aromatic nitrogens is 1. The fourth-order valence-corrected chi connectivity index (χ4v) is 2.77. The van der Waals surface area contributed by atoms with E-state index in [1.54, 1.807) is 26.5 Å². The number of carbonyl (C=O) groups excluding carboxylic acids is 1. The van der Waals surface area contributed by atoms with Crippen LogP contribution in [-0.2, 0) is 4.79 Å². The molecule has 0 bridgehead atoms. The molecule has 0 radical (unpaired) electrons. The van der Waals surface area contributed by atoms with Gasteiger partial charge in [0.25, 0.3) is 0 Å². The highest BCUT2D eigenvalue weighted by molar-refractivity contribution is 5.84. The van der Waals surface area contributed by atoms with E-state index in [1.165, 1.54) is 10.0 Å².